The first-order valence-electron chi connectivity index (χ1n) is 6.39. The van der Waals surface area contributed by atoms with Gasteiger partial charge in [0, 0.05) is 0 Å². The molecule has 0 aliphatic rings. The molecule has 0 radical (unpaired) electrons. The van der Waals surface area contributed by atoms with E-state index in [2.05, 4.69) is 10.6 Å². The molecular weight excluding hydrogens is 286 g/mol. The van der Waals surface area contributed by atoms with Crippen LogP contribution in [0, 0.1) is 18.3 Å². The summed E-state index contributed by atoms with van der Waals surface area (Å²) in [4.78, 5) is 11.9. The van der Waals surface area contributed by atoms with E-state index in [1.165, 1.54) is 0 Å². The van der Waals surface area contributed by atoms with E-state index < -0.39 is 0 Å². The average molecular weight is 300 g/mol. The summed E-state index contributed by atoms with van der Waals surface area (Å²) in [5, 5.41) is 15.2. The largest absolute Gasteiger partial charge is 0.375 e. The molecule has 106 valence electrons. The normalized spacial score (nSPS) is 9.76. The third kappa shape index (κ3) is 3.98. The minimum Gasteiger partial charge on any atom is -0.375 e. The highest BCUT2D eigenvalue weighted by atomic mass is 35.5. The maximum absolute atomic E-state index is 11.9. The van der Waals surface area contributed by atoms with E-state index in [0.29, 0.717) is 22.0 Å². The van der Waals surface area contributed by atoms with Crippen LogP contribution in [0.2, 0.25) is 5.02 Å². The summed E-state index contributed by atoms with van der Waals surface area (Å²) < 4.78 is 0. The molecule has 0 saturated heterocycles. The van der Waals surface area contributed by atoms with Crippen molar-refractivity contribution in [2.24, 2.45) is 0 Å². The highest BCUT2D eigenvalue weighted by molar-refractivity contribution is 6.33. The number of nitriles is 1. The minimum atomic E-state index is -0.241. The van der Waals surface area contributed by atoms with Crippen LogP contribution in [0.1, 0.15) is 11.1 Å². The van der Waals surface area contributed by atoms with Crippen molar-refractivity contribution in [3.63, 3.8) is 0 Å². The molecule has 4 nitrogen and oxygen atoms in total. The Labute approximate surface area is 128 Å². The molecule has 2 rings (SSSR count). The second-order valence-corrected chi connectivity index (χ2v) is 4.95. The number of benzene rings is 2. The number of para-hydroxylation sites is 1. The Kier molecular flexibility index (Phi) is 4.81. The average Bonchev–Trinajstić information content (AvgIpc) is 2.47. The van der Waals surface area contributed by atoms with Crippen molar-refractivity contribution in [3.8, 4) is 6.07 Å². The van der Waals surface area contributed by atoms with Gasteiger partial charge in [0.15, 0.2) is 0 Å². The number of carbonyl (C=O) groups is 1. The lowest BCUT2D eigenvalue weighted by Gasteiger charge is -2.10. The molecule has 0 aliphatic heterocycles. The molecule has 0 aliphatic carbocycles. The van der Waals surface area contributed by atoms with E-state index in [-0.39, 0.29) is 12.5 Å². The molecule has 0 unspecified atom stereocenters. The molecule has 0 aromatic heterocycles. The zero-order chi connectivity index (χ0) is 15.2. The highest BCUT2D eigenvalue weighted by Gasteiger charge is 2.07. The predicted molar refractivity (Wildman–Crippen MR) is 84.5 cm³/mol. The van der Waals surface area contributed by atoms with Gasteiger partial charge in [0.25, 0.3) is 0 Å². The molecule has 0 heterocycles. The maximum atomic E-state index is 11.9. The number of amides is 1. The van der Waals surface area contributed by atoms with Crippen molar-refractivity contribution in [1.82, 2.24) is 0 Å². The van der Waals surface area contributed by atoms with Crippen molar-refractivity contribution in [3.05, 3.63) is 58.6 Å². The van der Waals surface area contributed by atoms with Crippen LogP contribution in [-0.2, 0) is 4.79 Å². The SMILES string of the molecule is Cc1ccc(NCC(=O)Nc2ccccc2C#N)c(Cl)c1. The lowest BCUT2D eigenvalue weighted by molar-refractivity contribution is -0.114. The quantitative estimate of drug-likeness (QED) is 0.907. The molecule has 5 heteroatoms. The maximum Gasteiger partial charge on any atom is 0.243 e. The molecule has 21 heavy (non-hydrogen) atoms. The Morgan fingerprint density at radius 2 is 2.00 bits per heavy atom. The second-order valence-electron chi connectivity index (χ2n) is 4.54. The molecule has 1 amide bonds. The number of halogens is 1. The number of nitrogens with zero attached hydrogens (tertiary/aromatic N) is 1. The molecule has 2 aromatic carbocycles. The van der Waals surface area contributed by atoms with Gasteiger partial charge < -0.3 is 10.6 Å². The fourth-order valence-corrected chi connectivity index (χ4v) is 2.12. The molecule has 2 N–H and O–H groups in total. The van der Waals surface area contributed by atoms with Crippen LogP contribution in [0.25, 0.3) is 0 Å². The van der Waals surface area contributed by atoms with Gasteiger partial charge in [0.05, 0.1) is 28.5 Å². The molecular formula is C16H14ClN3O. The number of aryl methyl sites for hydroxylation is 1. The number of hydrogen-bond acceptors (Lipinski definition) is 3. The highest BCUT2D eigenvalue weighted by Crippen LogP contribution is 2.22. The minimum absolute atomic E-state index is 0.0720. The summed E-state index contributed by atoms with van der Waals surface area (Å²) in [6.07, 6.45) is 0. The molecule has 0 saturated carbocycles. The Morgan fingerprint density at radius 1 is 1.24 bits per heavy atom. The van der Waals surface area contributed by atoms with Crippen LogP contribution < -0.4 is 10.6 Å². The molecule has 0 atom stereocenters. The first-order chi connectivity index (χ1) is 10.1. The second kappa shape index (κ2) is 6.78. The fourth-order valence-electron chi connectivity index (χ4n) is 1.82. The van der Waals surface area contributed by atoms with E-state index in [9.17, 15) is 4.79 Å². The van der Waals surface area contributed by atoms with Gasteiger partial charge in [-0.15, -0.1) is 0 Å². The van der Waals surface area contributed by atoms with Crippen molar-refractivity contribution < 1.29 is 4.79 Å². The van der Waals surface area contributed by atoms with Crippen molar-refractivity contribution in [2.45, 2.75) is 6.92 Å². The lowest BCUT2D eigenvalue weighted by Crippen LogP contribution is -2.22. The number of rotatable bonds is 4. The number of nitrogens with one attached hydrogen (secondary N) is 2. The smallest absolute Gasteiger partial charge is 0.243 e. The summed E-state index contributed by atoms with van der Waals surface area (Å²) in [5.74, 6) is -0.241. The Hall–Kier alpha value is -2.51. The van der Waals surface area contributed by atoms with E-state index in [1.54, 1.807) is 24.3 Å². The standard InChI is InChI=1S/C16H14ClN3O/c1-11-6-7-15(13(17)8-11)19-10-16(21)20-14-5-3-2-4-12(14)9-18/h2-8,19H,10H2,1H3,(H,20,21). The number of carbonyl (C=O) groups excluding carboxylic acids is 1. The first kappa shape index (κ1) is 14.9. The summed E-state index contributed by atoms with van der Waals surface area (Å²) in [7, 11) is 0. The first-order valence-corrected chi connectivity index (χ1v) is 6.77. The van der Waals surface area contributed by atoms with Gasteiger partial charge in [-0.05, 0) is 36.8 Å². The zero-order valence-electron chi connectivity index (χ0n) is 11.5. The van der Waals surface area contributed by atoms with E-state index in [4.69, 9.17) is 16.9 Å². The van der Waals surface area contributed by atoms with Crippen LogP contribution >= 0.6 is 11.6 Å². The Balaban J connectivity index is 1.98. The van der Waals surface area contributed by atoms with E-state index >= 15 is 0 Å². The van der Waals surface area contributed by atoms with Crippen LogP contribution in [-0.4, -0.2) is 12.5 Å². The molecule has 0 spiro atoms. The van der Waals surface area contributed by atoms with E-state index in [1.807, 2.05) is 31.2 Å². The van der Waals surface area contributed by atoms with Crippen molar-refractivity contribution in [1.29, 1.82) is 5.26 Å². The molecule has 0 bridgehead atoms. The summed E-state index contributed by atoms with van der Waals surface area (Å²) in [6.45, 7) is 2.02. The fraction of sp³-hybridized carbons (Fsp3) is 0.125. The van der Waals surface area contributed by atoms with Crippen LogP contribution in [0.4, 0.5) is 11.4 Å². The predicted octanol–water partition coefficient (Wildman–Crippen LogP) is 3.57. The van der Waals surface area contributed by atoms with Gasteiger partial charge in [-0.2, -0.15) is 5.26 Å². The summed E-state index contributed by atoms with van der Waals surface area (Å²) in [5.41, 5.74) is 2.69. The van der Waals surface area contributed by atoms with Gasteiger partial charge in [0.2, 0.25) is 5.91 Å². The Morgan fingerprint density at radius 3 is 2.71 bits per heavy atom. The third-order valence-electron chi connectivity index (χ3n) is 2.89. The Bertz CT molecular complexity index is 707. The van der Waals surface area contributed by atoms with E-state index in [0.717, 1.165) is 5.56 Å². The summed E-state index contributed by atoms with van der Waals surface area (Å²) in [6, 6.07) is 14.5. The monoisotopic (exact) mass is 299 g/mol. The van der Waals surface area contributed by atoms with Crippen LogP contribution in [0.5, 0.6) is 0 Å². The zero-order valence-corrected chi connectivity index (χ0v) is 12.2. The van der Waals surface area contributed by atoms with Crippen molar-refractivity contribution >= 4 is 28.9 Å². The lowest BCUT2D eigenvalue weighted by atomic mass is 10.2. The topological polar surface area (TPSA) is 64.9 Å². The van der Waals surface area contributed by atoms with Gasteiger partial charge in [-0.3, -0.25) is 4.79 Å². The number of hydrogen-bond donors (Lipinski definition) is 2. The molecule has 0 fully saturated rings. The summed E-state index contributed by atoms with van der Waals surface area (Å²) >= 11 is 6.08. The number of anilines is 2. The van der Waals surface area contributed by atoms with Crippen LogP contribution in [0.3, 0.4) is 0 Å². The third-order valence-corrected chi connectivity index (χ3v) is 3.20. The van der Waals surface area contributed by atoms with Gasteiger partial charge in [0.1, 0.15) is 6.07 Å². The van der Waals surface area contributed by atoms with Crippen molar-refractivity contribution in [2.75, 3.05) is 17.2 Å². The van der Waals surface area contributed by atoms with Gasteiger partial charge in [-0.25, -0.2) is 0 Å². The van der Waals surface area contributed by atoms with Gasteiger partial charge >= 0.3 is 0 Å². The van der Waals surface area contributed by atoms with Gasteiger partial charge in [-0.1, -0.05) is 29.8 Å². The van der Waals surface area contributed by atoms with Crippen LogP contribution in [0.15, 0.2) is 42.5 Å². The molecule has 2 aromatic rings.